The maximum atomic E-state index is 12.8. The van der Waals surface area contributed by atoms with Gasteiger partial charge in [0.25, 0.3) is 0 Å². The van der Waals surface area contributed by atoms with Crippen LogP contribution in [0.15, 0.2) is 6.33 Å². The predicted octanol–water partition coefficient (Wildman–Crippen LogP) is 1.14. The molecule has 2 aliphatic rings. The van der Waals surface area contributed by atoms with Gasteiger partial charge in [-0.1, -0.05) is 0 Å². The Kier molecular flexibility index (Phi) is 4.16. The Bertz CT molecular complexity index is 873. The molecular weight excluding hydrogens is 354 g/mol. The molecule has 26 heavy (non-hydrogen) atoms. The minimum absolute atomic E-state index is 0.0637. The number of carbonyl (C=O) groups is 1. The number of amides is 1. The molecule has 1 atom stereocenters. The molecule has 10 heteroatoms. The summed E-state index contributed by atoms with van der Waals surface area (Å²) in [5, 5.41) is 9.97. The summed E-state index contributed by atoms with van der Waals surface area (Å²) < 4.78 is 9.31. The number of nitriles is 1. The highest BCUT2D eigenvalue weighted by Gasteiger charge is 2.38. The average Bonchev–Trinajstić information content (AvgIpc) is 3.25. The first kappa shape index (κ1) is 16.7. The molecule has 4 heterocycles. The maximum Gasteiger partial charge on any atom is 0.235 e. The van der Waals surface area contributed by atoms with Crippen molar-refractivity contribution < 1.29 is 9.53 Å². The van der Waals surface area contributed by atoms with Gasteiger partial charge in [0.15, 0.2) is 0 Å². The first-order chi connectivity index (χ1) is 12.6. The minimum Gasteiger partial charge on any atom is -0.481 e. The third kappa shape index (κ3) is 2.74. The van der Waals surface area contributed by atoms with Crippen molar-refractivity contribution in [3.63, 3.8) is 0 Å². The quantitative estimate of drug-likeness (QED) is 0.787. The Morgan fingerprint density at radius 3 is 2.92 bits per heavy atom. The van der Waals surface area contributed by atoms with E-state index in [1.54, 1.807) is 11.2 Å². The van der Waals surface area contributed by atoms with E-state index in [-0.39, 0.29) is 17.8 Å². The molecule has 1 amide bonds. The molecule has 0 radical (unpaired) electrons. The van der Waals surface area contributed by atoms with Crippen molar-refractivity contribution in [1.82, 2.24) is 24.2 Å². The van der Waals surface area contributed by atoms with Gasteiger partial charge < -0.3 is 14.5 Å². The molecule has 0 aliphatic carbocycles. The number of fused-ring (bicyclic) bond motifs is 1. The highest BCUT2D eigenvalue weighted by atomic mass is 32.1. The largest absolute Gasteiger partial charge is 0.481 e. The second-order valence-corrected chi connectivity index (χ2v) is 7.18. The highest BCUT2D eigenvalue weighted by molar-refractivity contribution is 7.09. The predicted molar refractivity (Wildman–Crippen MR) is 92.5 cm³/mol. The van der Waals surface area contributed by atoms with Crippen LogP contribution < -0.4 is 9.64 Å². The SMILES string of the molecule is COc1nc(C#N)nc2c1C(C)N(C(=O)CC1CN(c3ncns3)C1)C2. The molecule has 9 nitrogen and oxygen atoms in total. The Balaban J connectivity index is 1.43. The lowest BCUT2D eigenvalue weighted by molar-refractivity contribution is -0.134. The molecule has 1 saturated heterocycles. The Morgan fingerprint density at radius 1 is 1.46 bits per heavy atom. The zero-order valence-corrected chi connectivity index (χ0v) is 15.2. The molecule has 1 fully saturated rings. The first-order valence-electron chi connectivity index (χ1n) is 8.26. The van der Waals surface area contributed by atoms with Crippen molar-refractivity contribution in [2.75, 3.05) is 25.1 Å². The van der Waals surface area contributed by atoms with E-state index < -0.39 is 0 Å². The lowest BCUT2D eigenvalue weighted by atomic mass is 9.96. The van der Waals surface area contributed by atoms with E-state index in [9.17, 15) is 4.79 Å². The number of anilines is 1. The van der Waals surface area contributed by atoms with Crippen LogP contribution in [0.3, 0.4) is 0 Å². The normalized spacial score (nSPS) is 19.0. The first-order valence-corrected chi connectivity index (χ1v) is 9.04. The van der Waals surface area contributed by atoms with Gasteiger partial charge in [-0.25, -0.2) is 9.97 Å². The summed E-state index contributed by atoms with van der Waals surface area (Å²) in [5.74, 6) is 0.831. The van der Waals surface area contributed by atoms with E-state index in [1.165, 1.54) is 18.6 Å². The van der Waals surface area contributed by atoms with Crippen molar-refractivity contribution in [3.05, 3.63) is 23.4 Å². The number of hydrogen-bond acceptors (Lipinski definition) is 9. The molecule has 0 aromatic carbocycles. The number of carbonyl (C=O) groups excluding carboxylic acids is 1. The van der Waals surface area contributed by atoms with Crippen LogP contribution in [0.1, 0.15) is 36.5 Å². The number of rotatable bonds is 4. The van der Waals surface area contributed by atoms with Crippen molar-refractivity contribution in [3.8, 4) is 11.9 Å². The van der Waals surface area contributed by atoms with Gasteiger partial charge in [0.2, 0.25) is 22.7 Å². The van der Waals surface area contributed by atoms with Crippen LogP contribution in [0, 0.1) is 17.2 Å². The Morgan fingerprint density at radius 2 is 2.27 bits per heavy atom. The van der Waals surface area contributed by atoms with Crippen LogP contribution in [-0.4, -0.2) is 50.3 Å². The lowest BCUT2D eigenvalue weighted by Crippen LogP contribution is -2.48. The summed E-state index contributed by atoms with van der Waals surface area (Å²) in [6, 6.07) is 1.77. The van der Waals surface area contributed by atoms with Gasteiger partial charge in [0.1, 0.15) is 12.4 Å². The zero-order valence-electron chi connectivity index (χ0n) is 14.4. The second-order valence-electron chi connectivity index (χ2n) is 6.43. The average molecular weight is 371 g/mol. The summed E-state index contributed by atoms with van der Waals surface area (Å²) in [6.07, 6.45) is 2.03. The van der Waals surface area contributed by atoms with Crippen molar-refractivity contribution in [2.45, 2.75) is 25.9 Å². The molecular formula is C16H17N7O2S. The summed E-state index contributed by atoms with van der Waals surface area (Å²) in [5.41, 5.74) is 1.49. The summed E-state index contributed by atoms with van der Waals surface area (Å²) >= 11 is 1.37. The van der Waals surface area contributed by atoms with Gasteiger partial charge in [-0.3, -0.25) is 4.79 Å². The summed E-state index contributed by atoms with van der Waals surface area (Å²) in [6.45, 7) is 3.96. The van der Waals surface area contributed by atoms with Gasteiger partial charge in [-0.2, -0.15) is 14.6 Å². The van der Waals surface area contributed by atoms with Crippen LogP contribution in [0.4, 0.5) is 5.13 Å². The fourth-order valence-electron chi connectivity index (χ4n) is 3.52. The minimum atomic E-state index is -0.167. The van der Waals surface area contributed by atoms with Crippen molar-refractivity contribution in [2.24, 2.45) is 5.92 Å². The smallest absolute Gasteiger partial charge is 0.235 e. The third-order valence-corrected chi connectivity index (χ3v) is 5.58. The van der Waals surface area contributed by atoms with E-state index in [4.69, 9.17) is 10.00 Å². The maximum absolute atomic E-state index is 12.8. The number of methoxy groups -OCH3 is 1. The molecule has 0 bridgehead atoms. The molecule has 1 unspecified atom stereocenters. The number of aromatic nitrogens is 4. The fourth-order valence-corrected chi connectivity index (χ4v) is 4.07. The van der Waals surface area contributed by atoms with Gasteiger partial charge in [-0.15, -0.1) is 0 Å². The molecule has 2 aromatic heterocycles. The number of nitrogens with zero attached hydrogens (tertiary/aromatic N) is 7. The van der Waals surface area contributed by atoms with Crippen LogP contribution in [0.2, 0.25) is 0 Å². The van der Waals surface area contributed by atoms with E-state index in [1.807, 2.05) is 13.0 Å². The van der Waals surface area contributed by atoms with E-state index in [0.717, 1.165) is 23.8 Å². The van der Waals surface area contributed by atoms with Crippen LogP contribution >= 0.6 is 11.5 Å². The van der Waals surface area contributed by atoms with Gasteiger partial charge in [0.05, 0.1) is 31.0 Å². The monoisotopic (exact) mass is 371 g/mol. The standard InChI is InChI=1S/C16H17N7O2S/c1-9-14-11(20-12(4-17)21-15(14)25-2)7-23(9)13(24)3-10-5-22(6-10)16-18-8-19-26-16/h8-10H,3,5-7H2,1-2H3. The lowest BCUT2D eigenvalue weighted by Gasteiger charge is -2.39. The van der Waals surface area contributed by atoms with Crippen LogP contribution in [-0.2, 0) is 11.3 Å². The summed E-state index contributed by atoms with van der Waals surface area (Å²) in [7, 11) is 1.51. The molecule has 2 aromatic rings. The van der Waals surface area contributed by atoms with Gasteiger partial charge in [-0.05, 0) is 6.92 Å². The molecule has 0 saturated carbocycles. The molecule has 0 N–H and O–H groups in total. The highest BCUT2D eigenvalue weighted by Crippen LogP contribution is 2.38. The topological polar surface area (TPSA) is 108 Å². The van der Waals surface area contributed by atoms with Gasteiger partial charge in [0, 0.05) is 37.0 Å². The number of ether oxygens (including phenoxy) is 1. The Labute approximate surface area is 154 Å². The van der Waals surface area contributed by atoms with Crippen LogP contribution in [0.25, 0.3) is 0 Å². The van der Waals surface area contributed by atoms with Gasteiger partial charge >= 0.3 is 0 Å². The van der Waals surface area contributed by atoms with E-state index in [0.29, 0.717) is 30.5 Å². The number of hydrogen-bond donors (Lipinski definition) is 0. The van der Waals surface area contributed by atoms with Crippen molar-refractivity contribution in [1.29, 1.82) is 5.26 Å². The van der Waals surface area contributed by atoms with Crippen LogP contribution in [0.5, 0.6) is 5.88 Å². The zero-order chi connectivity index (χ0) is 18.3. The molecule has 0 spiro atoms. The Hall–Kier alpha value is -2.80. The van der Waals surface area contributed by atoms with E-state index in [2.05, 4.69) is 24.2 Å². The molecule has 134 valence electrons. The fraction of sp³-hybridized carbons (Fsp3) is 0.500. The third-order valence-electron chi connectivity index (χ3n) is 4.85. The molecule has 4 rings (SSSR count). The summed E-state index contributed by atoms with van der Waals surface area (Å²) in [4.78, 5) is 29.3. The molecule has 2 aliphatic heterocycles. The second kappa shape index (κ2) is 6.49. The van der Waals surface area contributed by atoms with E-state index >= 15 is 0 Å². The van der Waals surface area contributed by atoms with Crippen molar-refractivity contribution >= 4 is 22.6 Å².